The molecular weight excluding hydrogens is 234 g/mol. The van der Waals surface area contributed by atoms with Gasteiger partial charge in [0.25, 0.3) is 0 Å². The molecule has 17 heavy (non-hydrogen) atoms. The van der Waals surface area contributed by atoms with Crippen LogP contribution in [0.3, 0.4) is 0 Å². The smallest absolute Gasteiger partial charge is 0.153 e. The zero-order valence-corrected chi connectivity index (χ0v) is 9.70. The van der Waals surface area contributed by atoms with Crippen LogP contribution in [0.2, 0.25) is 5.02 Å². The van der Waals surface area contributed by atoms with Crippen molar-refractivity contribution in [1.29, 1.82) is 0 Å². The Hall–Kier alpha value is -2.00. The van der Waals surface area contributed by atoms with E-state index in [0.29, 0.717) is 5.82 Å². The predicted octanol–water partition coefficient (Wildman–Crippen LogP) is 3.47. The van der Waals surface area contributed by atoms with Crippen LogP contribution in [-0.2, 0) is 0 Å². The van der Waals surface area contributed by atoms with Gasteiger partial charge in [-0.3, -0.25) is 5.10 Å². The standard InChI is InChI=1S/C13H10ClN3/c14-10-4-1-8(2-5-10)9-3-6-11-12(7-9)16-17-13(11)15/h1-7H,(H3,15,16,17). The molecule has 0 radical (unpaired) electrons. The summed E-state index contributed by atoms with van der Waals surface area (Å²) in [5, 5.41) is 8.57. The van der Waals surface area contributed by atoms with Gasteiger partial charge in [0, 0.05) is 10.4 Å². The highest BCUT2D eigenvalue weighted by Crippen LogP contribution is 2.26. The number of nitrogens with zero attached hydrogens (tertiary/aromatic N) is 1. The monoisotopic (exact) mass is 243 g/mol. The maximum absolute atomic E-state index is 5.86. The summed E-state index contributed by atoms with van der Waals surface area (Å²) in [5.41, 5.74) is 8.89. The molecule has 0 unspecified atom stereocenters. The number of aromatic nitrogens is 2. The fourth-order valence-electron chi connectivity index (χ4n) is 1.86. The number of anilines is 1. The lowest BCUT2D eigenvalue weighted by molar-refractivity contribution is 1.13. The van der Waals surface area contributed by atoms with E-state index in [0.717, 1.165) is 27.1 Å². The molecule has 0 atom stereocenters. The molecule has 84 valence electrons. The number of halogens is 1. The summed E-state index contributed by atoms with van der Waals surface area (Å²) in [6.07, 6.45) is 0. The molecule has 0 fully saturated rings. The van der Waals surface area contributed by atoms with E-state index in [1.54, 1.807) is 0 Å². The largest absolute Gasteiger partial charge is 0.382 e. The summed E-state index contributed by atoms with van der Waals surface area (Å²) >= 11 is 5.86. The molecular formula is C13H10ClN3. The van der Waals surface area contributed by atoms with Crippen molar-refractivity contribution < 1.29 is 0 Å². The Bertz CT molecular complexity index is 671. The Kier molecular flexibility index (Phi) is 2.27. The number of nitrogen functional groups attached to an aromatic ring is 1. The lowest BCUT2D eigenvalue weighted by Gasteiger charge is -2.01. The Balaban J connectivity index is 2.14. The van der Waals surface area contributed by atoms with Crippen molar-refractivity contribution in [2.45, 2.75) is 0 Å². The molecule has 3 N–H and O–H groups in total. The van der Waals surface area contributed by atoms with E-state index in [2.05, 4.69) is 10.2 Å². The summed E-state index contributed by atoms with van der Waals surface area (Å²) in [7, 11) is 0. The topological polar surface area (TPSA) is 54.7 Å². The van der Waals surface area contributed by atoms with Crippen molar-refractivity contribution in [2.75, 3.05) is 5.73 Å². The van der Waals surface area contributed by atoms with Crippen LogP contribution in [0.4, 0.5) is 5.82 Å². The molecule has 0 spiro atoms. The van der Waals surface area contributed by atoms with Gasteiger partial charge in [-0.15, -0.1) is 0 Å². The van der Waals surface area contributed by atoms with Gasteiger partial charge in [0.05, 0.1) is 5.52 Å². The number of nitrogens with two attached hydrogens (primary N) is 1. The normalized spacial score (nSPS) is 10.9. The Labute approximate surface area is 103 Å². The highest BCUT2D eigenvalue weighted by Gasteiger charge is 2.04. The van der Waals surface area contributed by atoms with Gasteiger partial charge in [0.15, 0.2) is 5.82 Å². The van der Waals surface area contributed by atoms with Crippen LogP contribution in [0.1, 0.15) is 0 Å². The number of rotatable bonds is 1. The minimum Gasteiger partial charge on any atom is -0.382 e. The fourth-order valence-corrected chi connectivity index (χ4v) is 1.99. The molecule has 1 aromatic heterocycles. The number of aromatic amines is 1. The van der Waals surface area contributed by atoms with E-state index in [-0.39, 0.29) is 0 Å². The van der Waals surface area contributed by atoms with Gasteiger partial charge in [-0.05, 0) is 35.4 Å². The number of nitrogens with one attached hydrogen (secondary N) is 1. The zero-order chi connectivity index (χ0) is 11.8. The summed E-state index contributed by atoms with van der Waals surface area (Å²) in [6, 6.07) is 13.8. The SMILES string of the molecule is Nc1n[nH]c2cc(-c3ccc(Cl)cc3)ccc12. The number of benzene rings is 2. The van der Waals surface area contributed by atoms with Crippen LogP contribution in [0.15, 0.2) is 42.5 Å². The van der Waals surface area contributed by atoms with Gasteiger partial charge < -0.3 is 5.73 Å². The van der Waals surface area contributed by atoms with E-state index in [1.165, 1.54) is 0 Å². The third-order valence-corrected chi connectivity index (χ3v) is 3.02. The van der Waals surface area contributed by atoms with Crippen molar-refractivity contribution in [1.82, 2.24) is 10.2 Å². The minimum atomic E-state index is 0.530. The number of H-pyrrole nitrogens is 1. The summed E-state index contributed by atoms with van der Waals surface area (Å²) in [5.74, 6) is 0.530. The van der Waals surface area contributed by atoms with E-state index < -0.39 is 0 Å². The average molecular weight is 244 g/mol. The van der Waals surface area contributed by atoms with E-state index in [4.69, 9.17) is 17.3 Å². The molecule has 0 bridgehead atoms. The highest BCUT2D eigenvalue weighted by atomic mass is 35.5. The number of hydrogen-bond donors (Lipinski definition) is 2. The molecule has 0 aliphatic rings. The maximum Gasteiger partial charge on any atom is 0.153 e. The van der Waals surface area contributed by atoms with Crippen LogP contribution in [0, 0.1) is 0 Å². The average Bonchev–Trinajstić information content (AvgIpc) is 2.72. The number of hydrogen-bond acceptors (Lipinski definition) is 2. The molecule has 0 amide bonds. The number of fused-ring (bicyclic) bond motifs is 1. The molecule has 0 aliphatic carbocycles. The van der Waals surface area contributed by atoms with Crippen LogP contribution >= 0.6 is 11.6 Å². The molecule has 3 rings (SSSR count). The van der Waals surface area contributed by atoms with Crippen molar-refractivity contribution in [3.63, 3.8) is 0 Å². The van der Waals surface area contributed by atoms with Crippen LogP contribution in [0.5, 0.6) is 0 Å². The lowest BCUT2D eigenvalue weighted by atomic mass is 10.0. The Morgan fingerprint density at radius 2 is 1.71 bits per heavy atom. The van der Waals surface area contributed by atoms with E-state index >= 15 is 0 Å². The van der Waals surface area contributed by atoms with Crippen molar-refractivity contribution in [3.8, 4) is 11.1 Å². The van der Waals surface area contributed by atoms with E-state index in [9.17, 15) is 0 Å². The molecule has 2 aromatic carbocycles. The third-order valence-electron chi connectivity index (χ3n) is 2.77. The lowest BCUT2D eigenvalue weighted by Crippen LogP contribution is -1.83. The zero-order valence-electron chi connectivity index (χ0n) is 8.94. The van der Waals surface area contributed by atoms with Crippen LogP contribution in [0.25, 0.3) is 22.0 Å². The first-order valence-electron chi connectivity index (χ1n) is 5.23. The predicted molar refractivity (Wildman–Crippen MR) is 71.0 cm³/mol. The quantitative estimate of drug-likeness (QED) is 0.688. The summed E-state index contributed by atoms with van der Waals surface area (Å²) in [4.78, 5) is 0. The van der Waals surface area contributed by atoms with Gasteiger partial charge in [0.2, 0.25) is 0 Å². The van der Waals surface area contributed by atoms with Crippen LogP contribution < -0.4 is 5.73 Å². The molecule has 0 aliphatic heterocycles. The maximum atomic E-state index is 5.86. The summed E-state index contributed by atoms with van der Waals surface area (Å²) in [6.45, 7) is 0. The van der Waals surface area contributed by atoms with Gasteiger partial charge in [-0.1, -0.05) is 29.8 Å². The first-order valence-corrected chi connectivity index (χ1v) is 5.61. The van der Waals surface area contributed by atoms with Crippen molar-refractivity contribution in [3.05, 3.63) is 47.5 Å². The highest BCUT2D eigenvalue weighted by molar-refractivity contribution is 6.30. The van der Waals surface area contributed by atoms with Crippen LogP contribution in [-0.4, -0.2) is 10.2 Å². The van der Waals surface area contributed by atoms with Crippen molar-refractivity contribution >= 4 is 28.3 Å². The second-order valence-electron chi connectivity index (χ2n) is 3.88. The molecule has 0 saturated heterocycles. The van der Waals surface area contributed by atoms with Gasteiger partial charge in [-0.25, -0.2) is 0 Å². The third kappa shape index (κ3) is 1.74. The first-order chi connectivity index (χ1) is 8.24. The Morgan fingerprint density at radius 3 is 2.47 bits per heavy atom. The first kappa shape index (κ1) is 10.2. The van der Waals surface area contributed by atoms with Gasteiger partial charge in [-0.2, -0.15) is 5.10 Å². The molecule has 4 heteroatoms. The molecule has 0 saturated carbocycles. The summed E-state index contributed by atoms with van der Waals surface area (Å²) < 4.78 is 0. The Morgan fingerprint density at radius 1 is 1.00 bits per heavy atom. The minimum absolute atomic E-state index is 0.530. The van der Waals surface area contributed by atoms with Gasteiger partial charge in [0.1, 0.15) is 0 Å². The fraction of sp³-hybridized carbons (Fsp3) is 0. The molecule has 3 aromatic rings. The molecule has 1 heterocycles. The second-order valence-corrected chi connectivity index (χ2v) is 4.31. The second kappa shape index (κ2) is 3.79. The van der Waals surface area contributed by atoms with E-state index in [1.807, 2.05) is 42.5 Å². The van der Waals surface area contributed by atoms with Crippen molar-refractivity contribution in [2.24, 2.45) is 0 Å². The molecule has 3 nitrogen and oxygen atoms in total. The van der Waals surface area contributed by atoms with Gasteiger partial charge >= 0.3 is 0 Å².